The third kappa shape index (κ3) is 3.62. The van der Waals surface area contributed by atoms with Crippen molar-refractivity contribution in [3.05, 3.63) is 11.1 Å². The van der Waals surface area contributed by atoms with Crippen molar-refractivity contribution in [1.29, 1.82) is 0 Å². The minimum Gasteiger partial charge on any atom is -0.393 e. The summed E-state index contributed by atoms with van der Waals surface area (Å²) in [6, 6.07) is 0. The summed E-state index contributed by atoms with van der Waals surface area (Å²) in [6.45, 7) is 9.13. The Bertz CT molecular complexity index is 250. The van der Waals surface area contributed by atoms with Crippen molar-refractivity contribution in [2.24, 2.45) is 5.41 Å². The summed E-state index contributed by atoms with van der Waals surface area (Å²) < 4.78 is 0. The van der Waals surface area contributed by atoms with Crippen molar-refractivity contribution in [1.82, 2.24) is 0 Å². The van der Waals surface area contributed by atoms with Crippen molar-refractivity contribution >= 4 is 0 Å². The van der Waals surface area contributed by atoms with E-state index in [1.165, 1.54) is 19.3 Å². The molecule has 0 amide bonds. The SMILES string of the molecule is CCCC(O)CCC1=C(C)CCCC1(C)C. The van der Waals surface area contributed by atoms with Gasteiger partial charge in [0, 0.05) is 0 Å². The minimum atomic E-state index is -0.0944. The van der Waals surface area contributed by atoms with Crippen LogP contribution in [0.1, 0.15) is 72.6 Å². The van der Waals surface area contributed by atoms with Crippen LogP contribution in [0.5, 0.6) is 0 Å². The van der Waals surface area contributed by atoms with Crippen LogP contribution >= 0.6 is 0 Å². The summed E-state index contributed by atoms with van der Waals surface area (Å²) in [5.41, 5.74) is 3.57. The highest BCUT2D eigenvalue weighted by Gasteiger charge is 2.28. The molecule has 94 valence electrons. The monoisotopic (exact) mass is 224 g/mol. The molecule has 0 radical (unpaired) electrons. The van der Waals surface area contributed by atoms with Gasteiger partial charge in [0.25, 0.3) is 0 Å². The average Bonchev–Trinajstić information content (AvgIpc) is 2.16. The van der Waals surface area contributed by atoms with E-state index < -0.39 is 0 Å². The third-order valence-corrected chi connectivity index (χ3v) is 4.04. The van der Waals surface area contributed by atoms with E-state index in [4.69, 9.17) is 0 Å². The lowest BCUT2D eigenvalue weighted by atomic mass is 9.71. The van der Waals surface area contributed by atoms with Crippen LogP contribution in [-0.4, -0.2) is 11.2 Å². The highest BCUT2D eigenvalue weighted by Crippen LogP contribution is 2.42. The highest BCUT2D eigenvalue weighted by molar-refractivity contribution is 5.22. The van der Waals surface area contributed by atoms with Crippen LogP contribution in [0.25, 0.3) is 0 Å². The summed E-state index contributed by atoms with van der Waals surface area (Å²) in [6.07, 6.45) is 7.90. The van der Waals surface area contributed by atoms with Gasteiger partial charge in [0.2, 0.25) is 0 Å². The Kier molecular flexibility index (Phi) is 5.04. The van der Waals surface area contributed by atoms with E-state index in [1.54, 1.807) is 11.1 Å². The number of allylic oxidation sites excluding steroid dienone is 2. The molecule has 1 atom stereocenters. The maximum Gasteiger partial charge on any atom is 0.0543 e. The molecule has 1 unspecified atom stereocenters. The fourth-order valence-corrected chi connectivity index (χ4v) is 3.02. The summed E-state index contributed by atoms with van der Waals surface area (Å²) in [5, 5.41) is 9.81. The predicted octanol–water partition coefficient (Wildman–Crippen LogP) is 4.45. The molecule has 1 aliphatic carbocycles. The summed E-state index contributed by atoms with van der Waals surface area (Å²) in [7, 11) is 0. The van der Waals surface area contributed by atoms with Gasteiger partial charge >= 0.3 is 0 Å². The Morgan fingerprint density at radius 1 is 1.31 bits per heavy atom. The molecular formula is C15H28O. The molecule has 0 saturated carbocycles. The van der Waals surface area contributed by atoms with Gasteiger partial charge in [-0.25, -0.2) is 0 Å². The molecule has 0 fully saturated rings. The van der Waals surface area contributed by atoms with Crippen molar-refractivity contribution < 1.29 is 5.11 Å². The first-order valence-corrected chi connectivity index (χ1v) is 6.84. The Labute approximate surface area is 101 Å². The Hall–Kier alpha value is -0.300. The van der Waals surface area contributed by atoms with Crippen LogP contribution in [0, 0.1) is 5.41 Å². The zero-order chi connectivity index (χ0) is 12.2. The van der Waals surface area contributed by atoms with Crippen LogP contribution in [0.4, 0.5) is 0 Å². The lowest BCUT2D eigenvalue weighted by Crippen LogP contribution is -2.21. The Morgan fingerprint density at radius 3 is 2.56 bits per heavy atom. The van der Waals surface area contributed by atoms with Crippen molar-refractivity contribution in [3.63, 3.8) is 0 Å². The first-order chi connectivity index (χ1) is 7.47. The van der Waals surface area contributed by atoms with E-state index in [0.29, 0.717) is 5.41 Å². The van der Waals surface area contributed by atoms with E-state index in [0.717, 1.165) is 25.7 Å². The second-order valence-corrected chi connectivity index (χ2v) is 5.98. The molecular weight excluding hydrogens is 196 g/mol. The van der Waals surface area contributed by atoms with E-state index >= 15 is 0 Å². The average molecular weight is 224 g/mol. The molecule has 0 aromatic rings. The minimum absolute atomic E-state index is 0.0944. The van der Waals surface area contributed by atoms with Crippen LogP contribution in [-0.2, 0) is 0 Å². The van der Waals surface area contributed by atoms with E-state index in [-0.39, 0.29) is 6.10 Å². The highest BCUT2D eigenvalue weighted by atomic mass is 16.3. The molecule has 0 aromatic heterocycles. The Morgan fingerprint density at radius 2 is 2.00 bits per heavy atom. The van der Waals surface area contributed by atoms with Gasteiger partial charge < -0.3 is 5.11 Å². The molecule has 1 heteroatoms. The number of rotatable bonds is 5. The van der Waals surface area contributed by atoms with E-state index in [2.05, 4.69) is 27.7 Å². The molecule has 1 N–H and O–H groups in total. The first-order valence-electron chi connectivity index (χ1n) is 6.84. The van der Waals surface area contributed by atoms with Gasteiger partial charge in [-0.3, -0.25) is 0 Å². The number of aliphatic hydroxyl groups is 1. The van der Waals surface area contributed by atoms with Crippen molar-refractivity contribution in [2.45, 2.75) is 78.7 Å². The smallest absolute Gasteiger partial charge is 0.0543 e. The molecule has 1 nitrogen and oxygen atoms in total. The topological polar surface area (TPSA) is 20.2 Å². The van der Waals surface area contributed by atoms with Crippen molar-refractivity contribution in [2.75, 3.05) is 0 Å². The van der Waals surface area contributed by atoms with Gasteiger partial charge in [-0.15, -0.1) is 0 Å². The number of hydrogen-bond donors (Lipinski definition) is 1. The maximum absolute atomic E-state index is 9.81. The van der Waals surface area contributed by atoms with Crippen molar-refractivity contribution in [3.8, 4) is 0 Å². The fourth-order valence-electron chi connectivity index (χ4n) is 3.02. The lowest BCUT2D eigenvalue weighted by Gasteiger charge is -2.35. The predicted molar refractivity (Wildman–Crippen MR) is 70.5 cm³/mol. The number of hydrogen-bond acceptors (Lipinski definition) is 1. The van der Waals surface area contributed by atoms with Gasteiger partial charge in [0.1, 0.15) is 0 Å². The lowest BCUT2D eigenvalue weighted by molar-refractivity contribution is 0.151. The van der Waals surface area contributed by atoms with Crippen LogP contribution in [0.15, 0.2) is 11.1 Å². The molecule has 0 heterocycles. The molecule has 0 aliphatic heterocycles. The zero-order valence-electron chi connectivity index (χ0n) is 11.5. The summed E-state index contributed by atoms with van der Waals surface area (Å²) in [4.78, 5) is 0. The normalized spacial score (nSPS) is 22.3. The maximum atomic E-state index is 9.81. The molecule has 1 rings (SSSR count). The van der Waals surface area contributed by atoms with Gasteiger partial charge in [-0.2, -0.15) is 0 Å². The fraction of sp³-hybridized carbons (Fsp3) is 0.867. The van der Waals surface area contributed by atoms with Crippen LogP contribution in [0.2, 0.25) is 0 Å². The second-order valence-electron chi connectivity index (χ2n) is 5.98. The van der Waals surface area contributed by atoms with Gasteiger partial charge in [0.15, 0.2) is 0 Å². The molecule has 0 aromatic carbocycles. The summed E-state index contributed by atoms with van der Waals surface area (Å²) >= 11 is 0. The standard InChI is InChI=1S/C15H28O/c1-5-7-13(16)9-10-14-12(2)8-6-11-15(14,3)4/h13,16H,5-11H2,1-4H3. The van der Waals surface area contributed by atoms with Gasteiger partial charge in [-0.1, -0.05) is 38.3 Å². The molecule has 16 heavy (non-hydrogen) atoms. The largest absolute Gasteiger partial charge is 0.393 e. The van der Waals surface area contributed by atoms with E-state index in [9.17, 15) is 5.11 Å². The zero-order valence-corrected chi connectivity index (χ0v) is 11.5. The molecule has 0 bridgehead atoms. The molecule has 0 saturated heterocycles. The third-order valence-electron chi connectivity index (χ3n) is 4.04. The second kappa shape index (κ2) is 5.86. The first kappa shape index (κ1) is 13.8. The van der Waals surface area contributed by atoms with Crippen LogP contribution in [0.3, 0.4) is 0 Å². The molecule has 0 spiro atoms. The van der Waals surface area contributed by atoms with E-state index in [1.807, 2.05) is 0 Å². The van der Waals surface area contributed by atoms with Gasteiger partial charge in [0.05, 0.1) is 6.10 Å². The quantitative estimate of drug-likeness (QED) is 0.684. The number of aliphatic hydroxyl groups excluding tert-OH is 1. The van der Waals surface area contributed by atoms with Gasteiger partial charge in [-0.05, 0) is 50.9 Å². The summed E-state index contributed by atoms with van der Waals surface area (Å²) in [5.74, 6) is 0. The Balaban J connectivity index is 2.56. The molecule has 1 aliphatic rings. The van der Waals surface area contributed by atoms with Crippen LogP contribution < -0.4 is 0 Å².